The van der Waals surface area contributed by atoms with Crippen LogP contribution >= 0.6 is 0 Å². The number of hydrogen-bond donors (Lipinski definition) is 1. The second-order valence-corrected chi connectivity index (χ2v) is 5.70. The first-order valence-electron chi connectivity index (χ1n) is 7.31. The Kier molecular flexibility index (Phi) is 2.85. The van der Waals surface area contributed by atoms with E-state index in [-0.39, 0.29) is 5.41 Å². The molecule has 1 aromatic carbocycles. The maximum Gasteiger partial charge on any atom is 0.266 e. The van der Waals surface area contributed by atoms with Gasteiger partial charge in [-0.3, -0.25) is 0 Å². The number of rotatable bonds is 3. The van der Waals surface area contributed by atoms with E-state index in [1.165, 1.54) is 5.56 Å². The number of nitrogen functional groups attached to an aromatic ring is 1. The van der Waals surface area contributed by atoms with E-state index in [1.54, 1.807) is 0 Å². The Bertz CT molecular complexity index is 627. The zero-order chi connectivity index (χ0) is 14.3. The minimum atomic E-state index is -0.106. The van der Waals surface area contributed by atoms with Crippen molar-refractivity contribution in [2.75, 3.05) is 36.9 Å². The van der Waals surface area contributed by atoms with Crippen LogP contribution in [-0.2, 0) is 10.2 Å². The summed E-state index contributed by atoms with van der Waals surface area (Å²) < 4.78 is 10.9. The van der Waals surface area contributed by atoms with Gasteiger partial charge < -0.3 is 19.9 Å². The number of morpholine rings is 1. The molecule has 1 aliphatic carbocycles. The van der Waals surface area contributed by atoms with Crippen LogP contribution in [0.5, 0.6) is 0 Å². The Morgan fingerprint density at radius 2 is 1.81 bits per heavy atom. The fraction of sp³-hybridized carbons (Fsp3) is 0.467. The molecule has 2 aromatic rings. The first-order chi connectivity index (χ1) is 10.3. The van der Waals surface area contributed by atoms with Crippen LogP contribution in [0, 0.1) is 0 Å². The Balaban J connectivity index is 1.61. The summed E-state index contributed by atoms with van der Waals surface area (Å²) in [5, 5.41) is 4.15. The average molecular weight is 286 g/mol. The van der Waals surface area contributed by atoms with Gasteiger partial charge in [0.1, 0.15) is 0 Å². The maximum atomic E-state index is 5.76. The number of anilines is 2. The SMILES string of the molecule is Nc1ccc(C2(c3nc(N4CCOCC4)no3)CC2)cc1. The summed E-state index contributed by atoms with van der Waals surface area (Å²) in [5.74, 6) is 1.39. The average Bonchev–Trinajstić information content (AvgIpc) is 3.19. The molecule has 2 heterocycles. The molecule has 21 heavy (non-hydrogen) atoms. The van der Waals surface area contributed by atoms with Gasteiger partial charge in [-0.25, -0.2) is 0 Å². The fourth-order valence-corrected chi connectivity index (χ4v) is 2.86. The molecular weight excluding hydrogens is 268 g/mol. The molecule has 0 radical (unpaired) electrons. The van der Waals surface area contributed by atoms with E-state index in [4.69, 9.17) is 15.0 Å². The molecule has 0 unspecified atom stereocenters. The number of hydrogen-bond acceptors (Lipinski definition) is 6. The molecule has 1 saturated heterocycles. The van der Waals surface area contributed by atoms with Crippen molar-refractivity contribution in [2.45, 2.75) is 18.3 Å². The van der Waals surface area contributed by atoms with Gasteiger partial charge >= 0.3 is 0 Å². The van der Waals surface area contributed by atoms with Gasteiger partial charge in [0.25, 0.3) is 5.95 Å². The Labute approximate surface area is 122 Å². The Hall–Kier alpha value is -2.08. The van der Waals surface area contributed by atoms with Crippen LogP contribution in [0.4, 0.5) is 11.6 Å². The van der Waals surface area contributed by atoms with Crippen LogP contribution in [0.3, 0.4) is 0 Å². The molecule has 1 aromatic heterocycles. The van der Waals surface area contributed by atoms with Gasteiger partial charge in [-0.1, -0.05) is 12.1 Å². The molecule has 6 nitrogen and oxygen atoms in total. The van der Waals surface area contributed by atoms with Crippen LogP contribution < -0.4 is 10.6 Å². The first kappa shape index (κ1) is 12.6. The largest absolute Gasteiger partial charge is 0.399 e. The van der Waals surface area contributed by atoms with Crippen LogP contribution in [-0.4, -0.2) is 36.4 Å². The number of nitrogens with zero attached hydrogens (tertiary/aromatic N) is 3. The maximum absolute atomic E-state index is 5.76. The van der Waals surface area contributed by atoms with Gasteiger partial charge in [-0.15, -0.1) is 0 Å². The van der Waals surface area contributed by atoms with Crippen molar-refractivity contribution in [1.29, 1.82) is 0 Å². The van der Waals surface area contributed by atoms with Crippen LogP contribution in [0.2, 0.25) is 0 Å². The minimum Gasteiger partial charge on any atom is -0.399 e. The lowest BCUT2D eigenvalue weighted by atomic mass is 9.96. The molecule has 110 valence electrons. The third kappa shape index (κ3) is 2.15. The highest BCUT2D eigenvalue weighted by atomic mass is 16.5. The summed E-state index contributed by atoms with van der Waals surface area (Å²) >= 11 is 0. The highest BCUT2D eigenvalue weighted by Crippen LogP contribution is 2.53. The molecule has 0 atom stereocenters. The van der Waals surface area contributed by atoms with Gasteiger partial charge in [-0.2, -0.15) is 4.98 Å². The van der Waals surface area contributed by atoms with Crippen molar-refractivity contribution >= 4 is 11.6 Å². The van der Waals surface area contributed by atoms with Crippen molar-refractivity contribution in [3.05, 3.63) is 35.7 Å². The van der Waals surface area contributed by atoms with E-state index in [1.807, 2.05) is 12.1 Å². The molecule has 1 saturated carbocycles. The summed E-state index contributed by atoms with van der Waals surface area (Å²) in [5.41, 5.74) is 7.63. The van der Waals surface area contributed by atoms with Gasteiger partial charge in [0.05, 0.1) is 18.6 Å². The summed E-state index contributed by atoms with van der Waals surface area (Å²) in [4.78, 5) is 6.73. The molecule has 0 bridgehead atoms. The minimum absolute atomic E-state index is 0.106. The summed E-state index contributed by atoms with van der Waals surface area (Å²) in [7, 11) is 0. The standard InChI is InChI=1S/C15H18N4O2/c16-12-3-1-11(2-4-12)15(5-6-15)13-17-14(18-21-13)19-7-9-20-10-8-19/h1-4H,5-10,16H2. The lowest BCUT2D eigenvalue weighted by Crippen LogP contribution is -2.36. The highest BCUT2D eigenvalue weighted by molar-refractivity contribution is 5.46. The molecule has 4 rings (SSSR count). The highest BCUT2D eigenvalue weighted by Gasteiger charge is 2.51. The molecule has 2 N–H and O–H groups in total. The van der Waals surface area contributed by atoms with E-state index in [2.05, 4.69) is 27.2 Å². The van der Waals surface area contributed by atoms with E-state index in [9.17, 15) is 0 Å². The van der Waals surface area contributed by atoms with Gasteiger partial charge in [0, 0.05) is 18.8 Å². The quantitative estimate of drug-likeness (QED) is 0.863. The topological polar surface area (TPSA) is 77.4 Å². The molecule has 2 aliphatic rings. The Morgan fingerprint density at radius 3 is 2.48 bits per heavy atom. The number of nitrogens with two attached hydrogens (primary N) is 1. The van der Waals surface area contributed by atoms with Crippen LogP contribution in [0.15, 0.2) is 28.8 Å². The van der Waals surface area contributed by atoms with Crippen molar-refractivity contribution in [1.82, 2.24) is 10.1 Å². The number of ether oxygens (including phenoxy) is 1. The molecule has 6 heteroatoms. The summed E-state index contributed by atoms with van der Waals surface area (Å²) in [6.07, 6.45) is 2.09. The van der Waals surface area contributed by atoms with Crippen molar-refractivity contribution in [2.24, 2.45) is 0 Å². The lowest BCUT2D eigenvalue weighted by molar-refractivity contribution is 0.121. The van der Waals surface area contributed by atoms with Crippen molar-refractivity contribution in [3.8, 4) is 0 Å². The van der Waals surface area contributed by atoms with Gasteiger partial charge in [0.2, 0.25) is 5.89 Å². The Morgan fingerprint density at radius 1 is 1.10 bits per heavy atom. The van der Waals surface area contributed by atoms with Crippen LogP contribution in [0.25, 0.3) is 0 Å². The van der Waals surface area contributed by atoms with E-state index >= 15 is 0 Å². The van der Waals surface area contributed by atoms with Crippen molar-refractivity contribution in [3.63, 3.8) is 0 Å². The second kappa shape index (κ2) is 4.73. The smallest absolute Gasteiger partial charge is 0.266 e. The fourth-order valence-electron chi connectivity index (χ4n) is 2.86. The predicted molar refractivity (Wildman–Crippen MR) is 78.2 cm³/mol. The number of benzene rings is 1. The van der Waals surface area contributed by atoms with Crippen molar-refractivity contribution < 1.29 is 9.26 Å². The summed E-state index contributed by atoms with van der Waals surface area (Å²) in [6, 6.07) is 7.96. The third-order valence-electron chi connectivity index (χ3n) is 4.33. The molecule has 2 fully saturated rings. The normalized spacial score (nSPS) is 20.5. The second-order valence-electron chi connectivity index (χ2n) is 5.70. The lowest BCUT2D eigenvalue weighted by Gasteiger charge is -2.24. The third-order valence-corrected chi connectivity index (χ3v) is 4.33. The monoisotopic (exact) mass is 286 g/mol. The molecule has 0 spiro atoms. The first-order valence-corrected chi connectivity index (χ1v) is 7.31. The predicted octanol–water partition coefficient (Wildman–Crippen LogP) is 1.57. The molecular formula is C15H18N4O2. The van der Waals surface area contributed by atoms with E-state index < -0.39 is 0 Å². The van der Waals surface area contributed by atoms with Crippen LogP contribution in [0.1, 0.15) is 24.3 Å². The summed E-state index contributed by atoms with van der Waals surface area (Å²) in [6.45, 7) is 3.06. The molecule has 1 aliphatic heterocycles. The van der Waals surface area contributed by atoms with Gasteiger partial charge in [-0.05, 0) is 35.7 Å². The zero-order valence-corrected chi connectivity index (χ0v) is 11.8. The van der Waals surface area contributed by atoms with E-state index in [0.29, 0.717) is 25.1 Å². The van der Waals surface area contributed by atoms with Gasteiger partial charge in [0.15, 0.2) is 0 Å². The zero-order valence-electron chi connectivity index (χ0n) is 11.8. The number of aromatic nitrogens is 2. The molecule has 0 amide bonds. The van der Waals surface area contributed by atoms with E-state index in [0.717, 1.165) is 31.6 Å².